The van der Waals surface area contributed by atoms with Gasteiger partial charge in [0.2, 0.25) is 0 Å². The molecule has 2 aromatic heterocycles. The Kier molecular flexibility index (Phi) is 5.08. The zero-order valence-electron chi connectivity index (χ0n) is 14.9. The molecule has 0 saturated heterocycles. The van der Waals surface area contributed by atoms with E-state index in [-0.39, 0.29) is 5.78 Å². The number of aromatic nitrogens is 3. The summed E-state index contributed by atoms with van der Waals surface area (Å²) in [5.41, 5.74) is 4.14. The molecule has 0 radical (unpaired) electrons. The number of nitrogens with zero attached hydrogens (tertiary/aromatic N) is 3. The Bertz CT molecular complexity index is 898. The summed E-state index contributed by atoms with van der Waals surface area (Å²) in [5, 5.41) is 9.16. The maximum Gasteiger partial charge on any atom is 0.200 e. The summed E-state index contributed by atoms with van der Waals surface area (Å²) < 4.78 is 7.37. The Hall–Kier alpha value is -2.34. The van der Waals surface area contributed by atoms with Crippen LogP contribution in [0.4, 0.5) is 0 Å². The van der Waals surface area contributed by atoms with Gasteiger partial charge in [0.15, 0.2) is 22.5 Å². The van der Waals surface area contributed by atoms with Crippen LogP contribution in [0.15, 0.2) is 40.1 Å². The zero-order valence-corrected chi connectivity index (χ0v) is 15.7. The van der Waals surface area contributed by atoms with Gasteiger partial charge in [-0.3, -0.25) is 9.36 Å². The maximum atomic E-state index is 12.6. The van der Waals surface area contributed by atoms with Gasteiger partial charge in [-0.25, -0.2) is 0 Å². The average molecular weight is 355 g/mol. The Balaban J connectivity index is 1.78. The van der Waals surface area contributed by atoms with E-state index in [4.69, 9.17) is 4.42 Å². The highest BCUT2D eigenvalue weighted by Crippen LogP contribution is 2.25. The number of ketones is 1. The van der Waals surface area contributed by atoms with Crippen molar-refractivity contribution in [1.82, 2.24) is 14.8 Å². The van der Waals surface area contributed by atoms with Crippen molar-refractivity contribution in [2.45, 2.75) is 39.4 Å². The first-order valence-corrected chi connectivity index (χ1v) is 9.20. The molecule has 0 aliphatic heterocycles. The number of furan rings is 1. The number of carbonyl (C=O) groups excluding carboxylic acids is 1. The molecule has 1 aromatic carbocycles. The number of benzene rings is 1. The minimum absolute atomic E-state index is 0.107. The van der Waals surface area contributed by atoms with Crippen LogP contribution < -0.4 is 0 Å². The Morgan fingerprint density at radius 1 is 1.16 bits per heavy atom. The van der Waals surface area contributed by atoms with E-state index in [2.05, 4.69) is 23.2 Å². The number of Topliss-reactive ketones (excluding diaryl/α,β-unsaturated/α-hetero) is 1. The van der Waals surface area contributed by atoms with Gasteiger partial charge in [0, 0.05) is 12.1 Å². The minimum atomic E-state index is 0.107. The van der Waals surface area contributed by atoms with Gasteiger partial charge in [-0.05, 0) is 62.6 Å². The third-order valence-electron chi connectivity index (χ3n) is 4.25. The van der Waals surface area contributed by atoms with Crippen molar-refractivity contribution >= 4 is 17.5 Å². The number of carbonyl (C=O) groups is 1. The molecule has 2 heterocycles. The van der Waals surface area contributed by atoms with Crippen molar-refractivity contribution in [2.24, 2.45) is 0 Å². The maximum absolute atomic E-state index is 12.6. The third-order valence-corrected chi connectivity index (χ3v) is 5.21. The average Bonchev–Trinajstić information content (AvgIpc) is 3.24. The lowest BCUT2D eigenvalue weighted by atomic mass is 9.99. The SMILES string of the molecule is CCn1c(SCC(=O)c2cc(C)c(C)cc2C)nnc1-c1ccco1. The lowest BCUT2D eigenvalue weighted by Crippen LogP contribution is -2.07. The highest BCUT2D eigenvalue weighted by molar-refractivity contribution is 7.99. The van der Waals surface area contributed by atoms with Gasteiger partial charge in [0.1, 0.15) is 0 Å². The Labute approximate surface area is 151 Å². The number of aryl methyl sites for hydroxylation is 3. The van der Waals surface area contributed by atoms with E-state index in [9.17, 15) is 4.79 Å². The summed E-state index contributed by atoms with van der Waals surface area (Å²) in [6.07, 6.45) is 1.61. The van der Waals surface area contributed by atoms with E-state index in [1.165, 1.54) is 17.3 Å². The summed E-state index contributed by atoms with van der Waals surface area (Å²) in [6.45, 7) is 8.80. The molecular weight excluding hydrogens is 334 g/mol. The molecule has 25 heavy (non-hydrogen) atoms. The van der Waals surface area contributed by atoms with Crippen molar-refractivity contribution in [3.05, 3.63) is 52.8 Å². The first-order valence-electron chi connectivity index (χ1n) is 8.22. The number of hydrogen-bond acceptors (Lipinski definition) is 5. The molecule has 0 atom stereocenters. The molecule has 5 nitrogen and oxygen atoms in total. The molecule has 0 unspecified atom stereocenters. The van der Waals surface area contributed by atoms with E-state index in [0.717, 1.165) is 21.8 Å². The van der Waals surface area contributed by atoms with Gasteiger partial charge < -0.3 is 4.42 Å². The molecule has 0 fully saturated rings. The molecule has 0 aliphatic rings. The molecule has 3 aromatic rings. The fourth-order valence-corrected chi connectivity index (χ4v) is 3.62. The van der Waals surface area contributed by atoms with Gasteiger partial charge in [-0.2, -0.15) is 0 Å². The van der Waals surface area contributed by atoms with E-state index in [0.29, 0.717) is 23.9 Å². The van der Waals surface area contributed by atoms with Crippen LogP contribution in [0.2, 0.25) is 0 Å². The number of hydrogen-bond donors (Lipinski definition) is 0. The van der Waals surface area contributed by atoms with E-state index >= 15 is 0 Å². The summed E-state index contributed by atoms with van der Waals surface area (Å²) in [6, 6.07) is 7.72. The largest absolute Gasteiger partial charge is 0.461 e. The van der Waals surface area contributed by atoms with E-state index in [1.54, 1.807) is 6.26 Å². The van der Waals surface area contributed by atoms with E-state index < -0.39 is 0 Å². The predicted molar refractivity (Wildman–Crippen MR) is 99.1 cm³/mol. The first kappa shape index (κ1) is 17.5. The van der Waals surface area contributed by atoms with Crippen LogP contribution in [0.5, 0.6) is 0 Å². The molecule has 0 amide bonds. The monoisotopic (exact) mass is 355 g/mol. The van der Waals surface area contributed by atoms with Gasteiger partial charge in [0.25, 0.3) is 0 Å². The highest BCUT2D eigenvalue weighted by Gasteiger charge is 2.17. The zero-order chi connectivity index (χ0) is 18.0. The van der Waals surface area contributed by atoms with Gasteiger partial charge in [0.05, 0.1) is 12.0 Å². The van der Waals surface area contributed by atoms with Crippen LogP contribution in [-0.4, -0.2) is 26.3 Å². The number of rotatable bonds is 6. The smallest absolute Gasteiger partial charge is 0.200 e. The van der Waals surface area contributed by atoms with Crippen LogP contribution in [0.1, 0.15) is 34.0 Å². The molecule has 130 valence electrons. The third kappa shape index (κ3) is 3.54. The van der Waals surface area contributed by atoms with Crippen molar-refractivity contribution in [2.75, 3.05) is 5.75 Å². The summed E-state index contributed by atoms with van der Waals surface area (Å²) >= 11 is 1.41. The normalized spacial score (nSPS) is 11.0. The van der Waals surface area contributed by atoms with Crippen LogP contribution in [0.25, 0.3) is 11.6 Å². The summed E-state index contributed by atoms with van der Waals surface area (Å²) in [7, 11) is 0. The number of thioether (sulfide) groups is 1. The molecule has 0 aliphatic carbocycles. The van der Waals surface area contributed by atoms with Crippen molar-refractivity contribution < 1.29 is 9.21 Å². The van der Waals surface area contributed by atoms with Crippen molar-refractivity contribution in [3.63, 3.8) is 0 Å². The summed E-state index contributed by atoms with van der Waals surface area (Å²) in [5.74, 6) is 1.80. The molecule has 0 bridgehead atoms. The van der Waals surface area contributed by atoms with Crippen LogP contribution >= 0.6 is 11.8 Å². The lowest BCUT2D eigenvalue weighted by molar-refractivity contribution is 0.102. The van der Waals surface area contributed by atoms with Crippen LogP contribution in [0, 0.1) is 20.8 Å². The fourth-order valence-electron chi connectivity index (χ4n) is 2.74. The van der Waals surface area contributed by atoms with Gasteiger partial charge in [-0.15, -0.1) is 10.2 Å². The Morgan fingerprint density at radius 2 is 1.92 bits per heavy atom. The second-order valence-electron chi connectivity index (χ2n) is 5.99. The fraction of sp³-hybridized carbons (Fsp3) is 0.316. The van der Waals surface area contributed by atoms with Crippen molar-refractivity contribution in [3.8, 4) is 11.6 Å². The topological polar surface area (TPSA) is 60.9 Å². The summed E-state index contributed by atoms with van der Waals surface area (Å²) in [4.78, 5) is 12.6. The van der Waals surface area contributed by atoms with E-state index in [1.807, 2.05) is 43.5 Å². The van der Waals surface area contributed by atoms with Gasteiger partial charge >= 0.3 is 0 Å². The van der Waals surface area contributed by atoms with Crippen LogP contribution in [0.3, 0.4) is 0 Å². The molecule has 0 saturated carbocycles. The first-order chi connectivity index (χ1) is 12.0. The quantitative estimate of drug-likeness (QED) is 0.483. The molecular formula is C19H21N3O2S. The second kappa shape index (κ2) is 7.27. The predicted octanol–water partition coefficient (Wildman–Crippen LogP) is 4.46. The minimum Gasteiger partial charge on any atom is -0.461 e. The standard InChI is InChI=1S/C19H21N3O2S/c1-5-22-18(17-7-6-8-24-17)20-21-19(22)25-11-16(23)15-10-13(3)12(2)9-14(15)4/h6-10H,5,11H2,1-4H3. The molecule has 6 heteroatoms. The molecule has 0 N–H and O–H groups in total. The van der Waals surface area contributed by atoms with Crippen LogP contribution in [-0.2, 0) is 6.54 Å². The highest BCUT2D eigenvalue weighted by atomic mass is 32.2. The molecule has 0 spiro atoms. The lowest BCUT2D eigenvalue weighted by Gasteiger charge is -2.09. The second-order valence-corrected chi connectivity index (χ2v) is 6.93. The van der Waals surface area contributed by atoms with Crippen molar-refractivity contribution in [1.29, 1.82) is 0 Å². The Morgan fingerprint density at radius 3 is 2.60 bits per heavy atom. The molecule has 3 rings (SSSR count). The van der Waals surface area contributed by atoms with Gasteiger partial charge in [-0.1, -0.05) is 17.8 Å².